The molecule has 0 saturated carbocycles. The van der Waals surface area contributed by atoms with Crippen LogP contribution in [-0.4, -0.2) is 0 Å². The van der Waals surface area contributed by atoms with Gasteiger partial charge in [0.25, 0.3) is 0 Å². The van der Waals surface area contributed by atoms with Gasteiger partial charge in [-0.25, -0.2) is 0 Å². The van der Waals surface area contributed by atoms with E-state index >= 15 is 0 Å². The molecule has 0 aromatic carbocycles. The van der Waals surface area contributed by atoms with Gasteiger partial charge in [-0.3, -0.25) is 0 Å². The molecule has 0 heteroatoms. The summed E-state index contributed by atoms with van der Waals surface area (Å²) in [5.74, 6) is 0. The summed E-state index contributed by atoms with van der Waals surface area (Å²) in [6.45, 7) is 10.4. The molecule has 0 unspecified atom stereocenters. The first kappa shape index (κ1) is 9.48. The summed E-state index contributed by atoms with van der Waals surface area (Å²) < 4.78 is 0. The van der Waals surface area contributed by atoms with Gasteiger partial charge in [0.2, 0.25) is 0 Å². The summed E-state index contributed by atoms with van der Waals surface area (Å²) in [7, 11) is 0. The zero-order chi connectivity index (χ0) is 7.98. The first-order valence-corrected chi connectivity index (χ1v) is 4.07. The Morgan fingerprint density at radius 3 is 2.30 bits per heavy atom. The lowest BCUT2D eigenvalue weighted by Crippen LogP contribution is -1.81. The van der Waals surface area contributed by atoms with E-state index in [2.05, 4.69) is 33.4 Å². The lowest BCUT2D eigenvalue weighted by molar-refractivity contribution is 0.937. The molecule has 0 aliphatic heterocycles. The van der Waals surface area contributed by atoms with Gasteiger partial charge < -0.3 is 0 Å². The Kier molecular flexibility index (Phi) is 5.00. The third-order valence-electron chi connectivity index (χ3n) is 1.61. The van der Waals surface area contributed by atoms with Gasteiger partial charge in [0.15, 0.2) is 0 Å². The fourth-order valence-corrected chi connectivity index (χ4v) is 0.939. The van der Waals surface area contributed by atoms with Gasteiger partial charge in [-0.15, -0.1) is 0 Å². The molecule has 0 spiro atoms. The fraction of sp³-hybridized carbons (Fsp3) is 0.600. The molecular weight excluding hydrogens is 120 g/mol. The summed E-state index contributed by atoms with van der Waals surface area (Å²) in [5, 5.41) is 0. The quantitative estimate of drug-likeness (QED) is 0.520. The minimum Gasteiger partial charge on any atom is -0.0958 e. The van der Waals surface area contributed by atoms with Crippen LogP contribution in [0, 0.1) is 0 Å². The zero-order valence-corrected chi connectivity index (χ0v) is 7.41. The van der Waals surface area contributed by atoms with Crippen LogP contribution in [-0.2, 0) is 0 Å². The number of rotatable bonds is 4. The van der Waals surface area contributed by atoms with Crippen molar-refractivity contribution >= 4 is 0 Å². The van der Waals surface area contributed by atoms with Crippen LogP contribution in [0.25, 0.3) is 0 Å². The second-order valence-corrected chi connectivity index (χ2v) is 2.65. The highest BCUT2D eigenvalue weighted by atomic mass is 14.0. The Balaban J connectivity index is 3.91. The average Bonchev–Trinajstić information content (AvgIpc) is 1.89. The van der Waals surface area contributed by atoms with E-state index in [4.69, 9.17) is 0 Å². The SMILES string of the molecule is C=C(C)/C(=C/CCC)CC. The standard InChI is InChI=1S/C10H18/c1-5-7-8-10(6-2)9(3)4/h8H,3,5-7H2,1-2,4H3/b10-8+. The van der Waals surface area contributed by atoms with Crippen LogP contribution in [0.5, 0.6) is 0 Å². The lowest BCUT2D eigenvalue weighted by Gasteiger charge is -2.01. The summed E-state index contributed by atoms with van der Waals surface area (Å²) in [5.41, 5.74) is 2.64. The molecule has 0 saturated heterocycles. The van der Waals surface area contributed by atoms with Gasteiger partial charge in [-0.1, -0.05) is 38.5 Å². The van der Waals surface area contributed by atoms with Crippen molar-refractivity contribution < 1.29 is 0 Å². The molecule has 58 valence electrons. The number of hydrogen-bond donors (Lipinski definition) is 0. The van der Waals surface area contributed by atoms with E-state index in [1.54, 1.807) is 0 Å². The van der Waals surface area contributed by atoms with E-state index in [0.29, 0.717) is 0 Å². The molecule has 0 N–H and O–H groups in total. The highest BCUT2D eigenvalue weighted by Crippen LogP contribution is 2.11. The molecule has 0 aliphatic carbocycles. The molecule has 0 rings (SSSR count). The van der Waals surface area contributed by atoms with Crippen molar-refractivity contribution in [2.24, 2.45) is 0 Å². The van der Waals surface area contributed by atoms with Gasteiger partial charge >= 0.3 is 0 Å². The maximum atomic E-state index is 3.91. The van der Waals surface area contributed by atoms with Crippen LogP contribution < -0.4 is 0 Å². The summed E-state index contributed by atoms with van der Waals surface area (Å²) >= 11 is 0. The third-order valence-corrected chi connectivity index (χ3v) is 1.61. The van der Waals surface area contributed by atoms with Crippen LogP contribution >= 0.6 is 0 Å². The molecule has 0 bridgehead atoms. The Morgan fingerprint density at radius 2 is 2.00 bits per heavy atom. The molecular formula is C10H18. The van der Waals surface area contributed by atoms with Gasteiger partial charge in [0.1, 0.15) is 0 Å². The molecule has 0 amide bonds. The predicted octanol–water partition coefficient (Wildman–Crippen LogP) is 3.70. The number of unbranched alkanes of at least 4 members (excludes halogenated alkanes) is 1. The van der Waals surface area contributed by atoms with Crippen LogP contribution in [0.3, 0.4) is 0 Å². The first-order valence-electron chi connectivity index (χ1n) is 4.07. The Bertz CT molecular complexity index is 129. The monoisotopic (exact) mass is 138 g/mol. The van der Waals surface area contributed by atoms with Crippen molar-refractivity contribution in [3.05, 3.63) is 23.8 Å². The van der Waals surface area contributed by atoms with Crippen molar-refractivity contribution in [3.63, 3.8) is 0 Å². The molecule has 0 nitrogen and oxygen atoms in total. The van der Waals surface area contributed by atoms with Crippen molar-refractivity contribution in [1.29, 1.82) is 0 Å². The molecule has 0 heterocycles. The lowest BCUT2D eigenvalue weighted by atomic mass is 10.1. The largest absolute Gasteiger partial charge is 0.0958 e. The molecule has 10 heavy (non-hydrogen) atoms. The Morgan fingerprint density at radius 1 is 1.40 bits per heavy atom. The third kappa shape index (κ3) is 3.49. The van der Waals surface area contributed by atoms with Crippen molar-refractivity contribution in [3.8, 4) is 0 Å². The zero-order valence-electron chi connectivity index (χ0n) is 7.41. The summed E-state index contributed by atoms with van der Waals surface area (Å²) in [4.78, 5) is 0. The maximum Gasteiger partial charge on any atom is -0.0308 e. The van der Waals surface area contributed by atoms with Crippen molar-refractivity contribution in [2.45, 2.75) is 40.0 Å². The van der Waals surface area contributed by atoms with Gasteiger partial charge in [-0.2, -0.15) is 0 Å². The van der Waals surface area contributed by atoms with Gasteiger partial charge in [-0.05, 0) is 25.3 Å². The highest BCUT2D eigenvalue weighted by Gasteiger charge is 1.91. The normalized spacial score (nSPS) is 11.7. The van der Waals surface area contributed by atoms with Crippen LogP contribution in [0.15, 0.2) is 23.8 Å². The van der Waals surface area contributed by atoms with Gasteiger partial charge in [0.05, 0.1) is 0 Å². The second kappa shape index (κ2) is 5.28. The van der Waals surface area contributed by atoms with Gasteiger partial charge in [0, 0.05) is 0 Å². The first-order chi connectivity index (χ1) is 4.72. The minimum absolute atomic E-state index is 1.12. The van der Waals surface area contributed by atoms with E-state index in [-0.39, 0.29) is 0 Å². The molecule has 0 atom stereocenters. The molecule has 0 aromatic heterocycles. The Labute approximate surface area is 64.6 Å². The fourth-order valence-electron chi connectivity index (χ4n) is 0.939. The van der Waals surface area contributed by atoms with E-state index in [9.17, 15) is 0 Å². The van der Waals surface area contributed by atoms with E-state index < -0.39 is 0 Å². The van der Waals surface area contributed by atoms with E-state index in [1.165, 1.54) is 24.0 Å². The topological polar surface area (TPSA) is 0 Å². The summed E-state index contributed by atoms with van der Waals surface area (Å²) in [6.07, 6.45) is 5.84. The molecule has 0 radical (unpaired) electrons. The summed E-state index contributed by atoms with van der Waals surface area (Å²) in [6, 6.07) is 0. The maximum absolute atomic E-state index is 3.91. The molecule has 0 aromatic rings. The van der Waals surface area contributed by atoms with Crippen LogP contribution in [0.4, 0.5) is 0 Å². The van der Waals surface area contributed by atoms with Crippen molar-refractivity contribution in [2.75, 3.05) is 0 Å². The molecule has 0 fully saturated rings. The van der Waals surface area contributed by atoms with Crippen molar-refractivity contribution in [1.82, 2.24) is 0 Å². The minimum atomic E-state index is 1.12. The number of hydrogen-bond acceptors (Lipinski definition) is 0. The highest BCUT2D eigenvalue weighted by molar-refractivity contribution is 5.25. The average molecular weight is 138 g/mol. The van der Waals surface area contributed by atoms with Crippen LogP contribution in [0.2, 0.25) is 0 Å². The van der Waals surface area contributed by atoms with E-state index in [1.807, 2.05) is 0 Å². The molecule has 0 aliphatic rings. The van der Waals surface area contributed by atoms with Crippen LogP contribution in [0.1, 0.15) is 40.0 Å². The Hall–Kier alpha value is -0.520. The van der Waals surface area contributed by atoms with E-state index in [0.717, 1.165) is 6.42 Å². The predicted molar refractivity (Wildman–Crippen MR) is 48.1 cm³/mol. The second-order valence-electron chi connectivity index (χ2n) is 2.65. The smallest absolute Gasteiger partial charge is 0.0308 e. The number of allylic oxidation sites excluding steroid dienone is 3.